The zero-order valence-corrected chi connectivity index (χ0v) is 14.3. The summed E-state index contributed by atoms with van der Waals surface area (Å²) < 4.78 is 6.83. The van der Waals surface area contributed by atoms with Gasteiger partial charge in [-0.25, -0.2) is 14.5 Å². The van der Waals surface area contributed by atoms with E-state index in [0.717, 1.165) is 43.8 Å². The predicted molar refractivity (Wildman–Crippen MR) is 90.7 cm³/mol. The molecule has 2 aromatic heterocycles. The lowest BCUT2D eigenvalue weighted by atomic mass is 9.66. The van der Waals surface area contributed by atoms with Crippen LogP contribution in [-0.2, 0) is 10.2 Å². The molecule has 1 saturated carbocycles. The monoisotopic (exact) mass is 337 g/mol. The molecule has 3 heterocycles. The average molecular weight is 338 g/mol. The summed E-state index contributed by atoms with van der Waals surface area (Å²) in [6.45, 7) is 4.18. The van der Waals surface area contributed by atoms with Gasteiger partial charge in [0, 0.05) is 18.6 Å². The van der Waals surface area contributed by atoms with Crippen molar-refractivity contribution in [1.82, 2.24) is 19.6 Å². The van der Waals surface area contributed by atoms with Crippen LogP contribution >= 0.6 is 11.6 Å². The van der Waals surface area contributed by atoms with Crippen molar-refractivity contribution in [3.05, 3.63) is 17.2 Å². The summed E-state index contributed by atoms with van der Waals surface area (Å²) in [5.74, 6) is 1.18. The van der Waals surface area contributed by atoms with E-state index in [1.807, 2.05) is 0 Å². The molecule has 2 aliphatic rings. The first-order valence-corrected chi connectivity index (χ1v) is 8.79. The Morgan fingerprint density at radius 1 is 1.26 bits per heavy atom. The van der Waals surface area contributed by atoms with Crippen LogP contribution in [0.2, 0.25) is 5.15 Å². The Balaban J connectivity index is 0.000000220. The quantitative estimate of drug-likeness (QED) is 0.908. The van der Waals surface area contributed by atoms with Gasteiger partial charge in [0.05, 0.1) is 6.20 Å². The highest BCUT2D eigenvalue weighted by Gasteiger charge is 2.41. The molecule has 2 N–H and O–H groups in total. The van der Waals surface area contributed by atoms with E-state index in [2.05, 4.69) is 22.0 Å². The minimum Gasteiger partial charge on any atom is -0.381 e. The number of anilines is 1. The molecule has 4 rings (SSSR count). The minimum absolute atomic E-state index is 0.122. The van der Waals surface area contributed by atoms with Crippen LogP contribution in [0.25, 0.3) is 5.52 Å². The average Bonchev–Trinajstić information content (AvgIpc) is 2.86. The van der Waals surface area contributed by atoms with Crippen molar-refractivity contribution in [2.75, 3.05) is 18.9 Å². The smallest absolute Gasteiger partial charge is 0.238 e. The Bertz CT molecular complexity index is 647. The molecule has 7 heteroatoms. The SMILES string of the molecule is C1CCOCC1.CCC1(c2nc(Cl)c3cnc(N)nn23)CCC1. The summed E-state index contributed by atoms with van der Waals surface area (Å²) in [6, 6.07) is 0. The molecule has 0 amide bonds. The van der Waals surface area contributed by atoms with Gasteiger partial charge < -0.3 is 10.5 Å². The number of fused-ring (bicyclic) bond motifs is 1. The molecule has 1 aliphatic heterocycles. The molecular weight excluding hydrogens is 314 g/mol. The lowest BCUT2D eigenvalue weighted by molar-refractivity contribution is 0.0968. The van der Waals surface area contributed by atoms with Crippen LogP contribution in [0.1, 0.15) is 57.7 Å². The Morgan fingerprint density at radius 3 is 2.48 bits per heavy atom. The fourth-order valence-electron chi connectivity index (χ4n) is 3.23. The number of ether oxygens (including phenoxy) is 1. The van der Waals surface area contributed by atoms with Crippen LogP contribution in [-0.4, -0.2) is 32.8 Å². The van der Waals surface area contributed by atoms with Gasteiger partial charge in [-0.2, -0.15) is 0 Å². The van der Waals surface area contributed by atoms with Crippen LogP contribution in [0.4, 0.5) is 5.95 Å². The maximum Gasteiger partial charge on any atom is 0.238 e. The summed E-state index contributed by atoms with van der Waals surface area (Å²) >= 11 is 6.12. The molecule has 1 saturated heterocycles. The van der Waals surface area contributed by atoms with Crippen molar-refractivity contribution >= 4 is 23.1 Å². The lowest BCUT2D eigenvalue weighted by Gasteiger charge is -2.39. The summed E-state index contributed by atoms with van der Waals surface area (Å²) in [4.78, 5) is 8.42. The zero-order chi connectivity index (χ0) is 16.3. The summed E-state index contributed by atoms with van der Waals surface area (Å²) in [5.41, 5.74) is 6.49. The Morgan fingerprint density at radius 2 is 2.00 bits per heavy atom. The van der Waals surface area contributed by atoms with E-state index in [4.69, 9.17) is 22.1 Å². The maximum atomic E-state index is 6.12. The number of halogens is 1. The van der Waals surface area contributed by atoms with Crippen molar-refractivity contribution in [3.8, 4) is 0 Å². The normalized spacial score (nSPS) is 19.7. The van der Waals surface area contributed by atoms with Gasteiger partial charge in [-0.15, -0.1) is 5.10 Å². The third-order valence-electron chi connectivity index (χ3n) is 4.90. The molecule has 0 spiro atoms. The second-order valence-electron chi connectivity index (χ2n) is 6.30. The van der Waals surface area contributed by atoms with Gasteiger partial charge in [0.1, 0.15) is 11.3 Å². The largest absolute Gasteiger partial charge is 0.381 e. The van der Waals surface area contributed by atoms with Crippen molar-refractivity contribution in [3.63, 3.8) is 0 Å². The van der Waals surface area contributed by atoms with Gasteiger partial charge in [-0.1, -0.05) is 24.9 Å². The third-order valence-corrected chi connectivity index (χ3v) is 5.18. The minimum atomic E-state index is 0.122. The summed E-state index contributed by atoms with van der Waals surface area (Å²) in [6.07, 6.45) is 10.1. The molecule has 126 valence electrons. The van der Waals surface area contributed by atoms with E-state index in [-0.39, 0.29) is 11.4 Å². The van der Waals surface area contributed by atoms with E-state index in [1.54, 1.807) is 10.7 Å². The summed E-state index contributed by atoms with van der Waals surface area (Å²) in [7, 11) is 0. The van der Waals surface area contributed by atoms with E-state index in [9.17, 15) is 0 Å². The van der Waals surface area contributed by atoms with Crippen molar-refractivity contribution < 1.29 is 4.74 Å². The number of hydrogen-bond acceptors (Lipinski definition) is 5. The highest BCUT2D eigenvalue weighted by Crippen LogP contribution is 2.46. The molecule has 6 nitrogen and oxygen atoms in total. The number of hydrogen-bond donors (Lipinski definition) is 1. The molecule has 0 aromatic carbocycles. The molecule has 23 heavy (non-hydrogen) atoms. The van der Waals surface area contributed by atoms with Gasteiger partial charge in [-0.05, 0) is 38.5 Å². The van der Waals surface area contributed by atoms with Crippen LogP contribution in [0.15, 0.2) is 6.20 Å². The zero-order valence-electron chi connectivity index (χ0n) is 13.6. The molecule has 0 bridgehead atoms. The number of nitrogens with two attached hydrogens (primary N) is 1. The molecular formula is C16H24ClN5O. The molecule has 1 aliphatic carbocycles. The number of nitrogen functional groups attached to an aromatic ring is 1. The van der Waals surface area contributed by atoms with Crippen LogP contribution in [0.5, 0.6) is 0 Å². The molecule has 0 radical (unpaired) electrons. The number of rotatable bonds is 2. The Kier molecular flexibility index (Phi) is 5.02. The van der Waals surface area contributed by atoms with Gasteiger partial charge in [0.2, 0.25) is 5.95 Å². The highest BCUT2D eigenvalue weighted by atomic mass is 35.5. The van der Waals surface area contributed by atoms with Gasteiger partial charge >= 0.3 is 0 Å². The van der Waals surface area contributed by atoms with Crippen molar-refractivity contribution in [2.45, 2.75) is 57.3 Å². The number of aromatic nitrogens is 4. The first-order valence-electron chi connectivity index (χ1n) is 8.41. The Hall–Kier alpha value is -1.40. The predicted octanol–water partition coefficient (Wildman–Crippen LogP) is 3.38. The van der Waals surface area contributed by atoms with Crippen molar-refractivity contribution in [2.24, 2.45) is 0 Å². The van der Waals surface area contributed by atoms with Gasteiger partial charge in [-0.3, -0.25) is 0 Å². The second kappa shape index (κ2) is 7.01. The van der Waals surface area contributed by atoms with E-state index >= 15 is 0 Å². The topological polar surface area (TPSA) is 78.3 Å². The Labute approximate surface area is 141 Å². The molecule has 2 fully saturated rings. The number of imidazole rings is 1. The molecule has 0 unspecified atom stereocenters. The highest BCUT2D eigenvalue weighted by molar-refractivity contribution is 6.32. The van der Waals surface area contributed by atoms with Crippen LogP contribution < -0.4 is 5.73 Å². The first kappa shape index (κ1) is 16.5. The maximum absolute atomic E-state index is 6.12. The standard InChI is InChI=1S/C11H14ClN5.C5H10O/c1-2-11(4-3-5-11)9-15-8(12)7-6-14-10(13)16-17(7)9;1-2-4-6-5-3-1/h6H,2-5H2,1H3,(H2,13,16);1-5H2. The summed E-state index contributed by atoms with van der Waals surface area (Å²) in [5, 5.41) is 4.69. The number of nitrogens with zero attached hydrogens (tertiary/aromatic N) is 4. The van der Waals surface area contributed by atoms with Crippen LogP contribution in [0, 0.1) is 0 Å². The van der Waals surface area contributed by atoms with Crippen LogP contribution in [0.3, 0.4) is 0 Å². The van der Waals surface area contributed by atoms with Gasteiger partial charge in [0.25, 0.3) is 0 Å². The van der Waals surface area contributed by atoms with E-state index < -0.39 is 0 Å². The van der Waals surface area contributed by atoms with Gasteiger partial charge in [0.15, 0.2) is 5.15 Å². The lowest BCUT2D eigenvalue weighted by Crippen LogP contribution is -2.35. The third kappa shape index (κ3) is 3.28. The van der Waals surface area contributed by atoms with Crippen molar-refractivity contribution in [1.29, 1.82) is 0 Å². The van der Waals surface area contributed by atoms with E-state index in [0.29, 0.717) is 5.15 Å². The first-order chi connectivity index (χ1) is 11.2. The fraction of sp³-hybridized carbons (Fsp3) is 0.688. The molecule has 2 aromatic rings. The fourth-order valence-corrected chi connectivity index (χ4v) is 3.44. The second-order valence-corrected chi connectivity index (χ2v) is 6.66. The van der Waals surface area contributed by atoms with E-state index in [1.165, 1.54) is 25.7 Å². The molecule has 0 atom stereocenters.